The van der Waals surface area contributed by atoms with E-state index in [1.165, 1.54) is 0 Å². The van der Waals surface area contributed by atoms with Gasteiger partial charge in [-0.15, -0.1) is 0 Å². The molecule has 5 heteroatoms. The summed E-state index contributed by atoms with van der Waals surface area (Å²) in [4.78, 5) is 0. The molecule has 0 amide bonds. The molecule has 0 fully saturated rings. The minimum absolute atomic E-state index is 0.187. The SMILES string of the molecule is CC(C)C(OC(=S)S)(C(C)C)C(S)S. The maximum absolute atomic E-state index is 5.67. The number of hydrogen-bond donors (Lipinski definition) is 3. The molecule has 0 heterocycles. The summed E-state index contributed by atoms with van der Waals surface area (Å²) in [5, 5.41) is 0. The summed E-state index contributed by atoms with van der Waals surface area (Å²) in [6.07, 6.45) is 0. The Bertz CT molecular complexity index is 179. The molecule has 0 aliphatic carbocycles. The summed E-state index contributed by atoms with van der Waals surface area (Å²) in [6.45, 7) is 8.30. The highest BCUT2D eigenvalue weighted by Crippen LogP contribution is 2.38. The van der Waals surface area contributed by atoms with Crippen LogP contribution in [-0.2, 0) is 4.74 Å². The Balaban J connectivity index is 5.05. The molecule has 0 unspecified atom stereocenters. The fraction of sp³-hybridized carbons (Fsp3) is 0.889. The van der Waals surface area contributed by atoms with Crippen molar-refractivity contribution < 1.29 is 4.74 Å². The molecule has 0 rings (SSSR count). The number of rotatable bonds is 4. The molecule has 1 nitrogen and oxygen atoms in total. The smallest absolute Gasteiger partial charge is 0.217 e. The lowest BCUT2D eigenvalue weighted by Gasteiger charge is -2.43. The quantitative estimate of drug-likeness (QED) is 0.410. The largest absolute Gasteiger partial charge is 0.470 e. The van der Waals surface area contributed by atoms with E-state index in [2.05, 4.69) is 65.6 Å². The molecule has 0 aromatic heterocycles. The zero-order chi connectivity index (χ0) is 11.5. The van der Waals surface area contributed by atoms with Crippen LogP contribution in [0.2, 0.25) is 0 Å². The van der Waals surface area contributed by atoms with Crippen LogP contribution in [0.25, 0.3) is 0 Å². The van der Waals surface area contributed by atoms with Crippen molar-refractivity contribution >= 4 is 54.5 Å². The van der Waals surface area contributed by atoms with Crippen LogP contribution in [-0.4, -0.2) is 14.6 Å². The van der Waals surface area contributed by atoms with Crippen molar-refractivity contribution in [2.45, 2.75) is 37.9 Å². The molecule has 0 aromatic rings. The molecular weight excluding hydrogens is 252 g/mol. The van der Waals surface area contributed by atoms with Crippen molar-refractivity contribution in [1.29, 1.82) is 0 Å². The van der Waals surface area contributed by atoms with Crippen LogP contribution in [0.3, 0.4) is 0 Å². The second kappa shape index (κ2) is 5.87. The predicted octanol–water partition coefficient (Wildman–Crippen LogP) is 3.45. The molecule has 0 bridgehead atoms. The fourth-order valence-corrected chi connectivity index (χ4v) is 3.30. The van der Waals surface area contributed by atoms with Gasteiger partial charge in [-0.1, -0.05) is 40.3 Å². The number of ether oxygens (including phenoxy) is 1. The summed E-state index contributed by atoms with van der Waals surface area (Å²) in [6, 6.07) is 0. The Morgan fingerprint density at radius 3 is 1.57 bits per heavy atom. The molecule has 14 heavy (non-hydrogen) atoms. The summed E-state index contributed by atoms with van der Waals surface area (Å²) in [5.74, 6) is 0.542. The van der Waals surface area contributed by atoms with Crippen LogP contribution < -0.4 is 0 Å². The third-order valence-electron chi connectivity index (χ3n) is 2.47. The average molecular weight is 271 g/mol. The third kappa shape index (κ3) is 3.22. The van der Waals surface area contributed by atoms with E-state index in [9.17, 15) is 0 Å². The highest BCUT2D eigenvalue weighted by Gasteiger charge is 2.44. The normalized spacial score (nSPS) is 12.7. The minimum atomic E-state index is -0.467. The van der Waals surface area contributed by atoms with Gasteiger partial charge in [0.25, 0.3) is 0 Å². The van der Waals surface area contributed by atoms with Gasteiger partial charge < -0.3 is 4.74 Å². The van der Waals surface area contributed by atoms with Gasteiger partial charge >= 0.3 is 0 Å². The van der Waals surface area contributed by atoms with E-state index >= 15 is 0 Å². The Morgan fingerprint density at radius 2 is 1.50 bits per heavy atom. The van der Waals surface area contributed by atoms with Crippen molar-refractivity contribution in [2.24, 2.45) is 11.8 Å². The molecular formula is C9H18OS4. The Labute approximate surface area is 109 Å². The summed E-state index contributed by atoms with van der Waals surface area (Å²) < 4.78 is 5.73. The second-order valence-corrected chi connectivity index (χ2v) is 6.42. The molecule has 0 atom stereocenters. The van der Waals surface area contributed by atoms with Crippen molar-refractivity contribution in [2.75, 3.05) is 0 Å². The molecule has 0 saturated heterocycles. The van der Waals surface area contributed by atoms with E-state index in [0.717, 1.165) is 0 Å². The molecule has 0 spiro atoms. The molecule has 0 aromatic carbocycles. The van der Waals surface area contributed by atoms with Gasteiger partial charge in [-0.25, -0.2) is 0 Å². The van der Waals surface area contributed by atoms with Gasteiger partial charge in [-0.2, -0.15) is 25.3 Å². The van der Waals surface area contributed by atoms with E-state index in [-0.39, 0.29) is 20.8 Å². The standard InChI is InChI=1S/C9H18OS4/c1-5(2)9(6(3)4,7(11)12)10-8(13)14/h5-7,11-12H,1-4H3,(H,13,14). The fourth-order valence-electron chi connectivity index (χ4n) is 1.70. The maximum Gasteiger partial charge on any atom is 0.217 e. The Hall–Kier alpha value is 0.940. The van der Waals surface area contributed by atoms with Gasteiger partial charge in [-0.3, -0.25) is 0 Å². The first-order valence-electron chi connectivity index (χ1n) is 4.53. The van der Waals surface area contributed by atoms with Gasteiger partial charge in [0.15, 0.2) is 0 Å². The van der Waals surface area contributed by atoms with Crippen molar-refractivity contribution in [1.82, 2.24) is 0 Å². The van der Waals surface area contributed by atoms with Crippen LogP contribution in [0.15, 0.2) is 0 Å². The van der Waals surface area contributed by atoms with Crippen LogP contribution >= 0.6 is 50.1 Å². The monoisotopic (exact) mass is 270 g/mol. The zero-order valence-corrected chi connectivity index (χ0v) is 12.4. The van der Waals surface area contributed by atoms with Gasteiger partial charge in [0.2, 0.25) is 4.38 Å². The van der Waals surface area contributed by atoms with E-state index in [1.54, 1.807) is 0 Å². The van der Waals surface area contributed by atoms with Crippen LogP contribution in [0, 0.1) is 11.8 Å². The van der Waals surface area contributed by atoms with Crippen LogP contribution in [0.4, 0.5) is 0 Å². The minimum Gasteiger partial charge on any atom is -0.470 e. The molecule has 0 saturated carbocycles. The number of hydrogen-bond acceptors (Lipinski definition) is 4. The Morgan fingerprint density at radius 1 is 1.14 bits per heavy atom. The predicted molar refractivity (Wildman–Crippen MR) is 76.8 cm³/mol. The van der Waals surface area contributed by atoms with Gasteiger partial charge in [-0.05, 0) is 24.1 Å². The summed E-state index contributed by atoms with van der Waals surface area (Å²) in [5.41, 5.74) is -0.467. The molecule has 0 aliphatic rings. The highest BCUT2D eigenvalue weighted by atomic mass is 32.2. The first-order valence-corrected chi connectivity index (χ1v) is 6.42. The molecule has 0 N–H and O–H groups in total. The lowest BCUT2D eigenvalue weighted by molar-refractivity contribution is -0.00985. The lowest BCUT2D eigenvalue weighted by Crippen LogP contribution is -2.50. The van der Waals surface area contributed by atoms with Gasteiger partial charge in [0, 0.05) is 0 Å². The van der Waals surface area contributed by atoms with Crippen molar-refractivity contribution in [3.63, 3.8) is 0 Å². The van der Waals surface area contributed by atoms with E-state index < -0.39 is 5.60 Å². The van der Waals surface area contributed by atoms with E-state index in [0.29, 0.717) is 0 Å². The van der Waals surface area contributed by atoms with Crippen molar-refractivity contribution in [3.05, 3.63) is 0 Å². The number of thiol groups is 3. The molecule has 84 valence electrons. The molecule has 0 radical (unpaired) electrons. The van der Waals surface area contributed by atoms with Crippen LogP contribution in [0.1, 0.15) is 27.7 Å². The summed E-state index contributed by atoms with van der Waals surface area (Å²) in [7, 11) is 0. The lowest BCUT2D eigenvalue weighted by atomic mass is 9.81. The zero-order valence-electron chi connectivity index (χ0n) is 8.89. The average Bonchev–Trinajstić information content (AvgIpc) is 1.97. The number of thiocarbonyl (C=S) groups is 1. The topological polar surface area (TPSA) is 9.23 Å². The first kappa shape index (κ1) is 14.9. The summed E-state index contributed by atoms with van der Waals surface area (Å²) >= 11 is 17.6. The van der Waals surface area contributed by atoms with E-state index in [4.69, 9.17) is 17.0 Å². The highest BCUT2D eigenvalue weighted by molar-refractivity contribution is 8.10. The van der Waals surface area contributed by atoms with Crippen LogP contribution in [0.5, 0.6) is 0 Å². The Kier molecular flexibility index (Phi) is 6.26. The molecule has 0 aliphatic heterocycles. The van der Waals surface area contributed by atoms with Gasteiger partial charge in [0.1, 0.15) is 5.60 Å². The van der Waals surface area contributed by atoms with Crippen molar-refractivity contribution in [3.8, 4) is 0 Å². The van der Waals surface area contributed by atoms with Gasteiger partial charge in [0.05, 0.1) is 4.58 Å². The van der Waals surface area contributed by atoms with E-state index in [1.807, 2.05) is 0 Å². The third-order valence-corrected chi connectivity index (χ3v) is 3.45. The first-order chi connectivity index (χ1) is 6.25. The second-order valence-electron chi connectivity index (χ2n) is 3.90. The maximum atomic E-state index is 5.67.